The Labute approximate surface area is 103 Å². The summed E-state index contributed by atoms with van der Waals surface area (Å²) in [5.74, 6) is 0. The molecule has 0 aliphatic heterocycles. The zero-order valence-corrected chi connectivity index (χ0v) is 10.9. The van der Waals surface area contributed by atoms with Crippen molar-refractivity contribution in [1.82, 2.24) is 0 Å². The lowest BCUT2D eigenvalue weighted by Gasteiger charge is -2.46. The van der Waals surface area contributed by atoms with Gasteiger partial charge in [0.25, 0.3) is 0 Å². The van der Waals surface area contributed by atoms with E-state index >= 15 is 0 Å². The summed E-state index contributed by atoms with van der Waals surface area (Å²) >= 11 is 6.16. The Morgan fingerprint density at radius 1 is 1.12 bits per heavy atom. The second-order valence-electron chi connectivity index (χ2n) is 6.08. The minimum Gasteiger partial charge on any atom is -0.0843 e. The van der Waals surface area contributed by atoms with Gasteiger partial charge in [-0.3, -0.25) is 0 Å². The van der Waals surface area contributed by atoms with Crippen LogP contribution in [-0.4, -0.2) is 0 Å². The molecule has 0 bridgehead atoms. The average molecular weight is 235 g/mol. The van der Waals surface area contributed by atoms with E-state index in [1.807, 2.05) is 6.07 Å². The van der Waals surface area contributed by atoms with Gasteiger partial charge < -0.3 is 0 Å². The van der Waals surface area contributed by atoms with Crippen LogP contribution in [0.1, 0.15) is 50.7 Å². The highest BCUT2D eigenvalue weighted by atomic mass is 35.5. The smallest absolute Gasteiger partial charge is 0.0409 e. The quantitative estimate of drug-likeness (QED) is 0.609. The van der Waals surface area contributed by atoms with Gasteiger partial charge in [0.2, 0.25) is 0 Å². The van der Waals surface area contributed by atoms with Crippen molar-refractivity contribution in [2.75, 3.05) is 0 Å². The van der Waals surface area contributed by atoms with Gasteiger partial charge in [-0.05, 0) is 53.4 Å². The fourth-order valence-electron chi connectivity index (χ4n) is 3.95. The van der Waals surface area contributed by atoms with Crippen LogP contribution in [0.3, 0.4) is 0 Å². The molecule has 1 saturated carbocycles. The largest absolute Gasteiger partial charge is 0.0843 e. The topological polar surface area (TPSA) is 0 Å². The first kappa shape index (κ1) is 10.7. The molecule has 2 aliphatic carbocycles. The Morgan fingerprint density at radius 3 is 2.69 bits per heavy atom. The molecule has 86 valence electrons. The van der Waals surface area contributed by atoms with E-state index in [0.29, 0.717) is 10.8 Å². The lowest BCUT2D eigenvalue weighted by Crippen LogP contribution is -2.40. The van der Waals surface area contributed by atoms with Gasteiger partial charge in [0.05, 0.1) is 0 Å². The van der Waals surface area contributed by atoms with Crippen molar-refractivity contribution >= 4 is 11.6 Å². The molecule has 2 unspecified atom stereocenters. The molecule has 0 N–H and O–H groups in total. The summed E-state index contributed by atoms with van der Waals surface area (Å²) in [6.07, 6.45) is 6.72. The molecule has 0 nitrogen and oxygen atoms in total. The van der Waals surface area contributed by atoms with Crippen LogP contribution in [0, 0.1) is 5.41 Å². The highest BCUT2D eigenvalue weighted by molar-refractivity contribution is 6.30. The Hall–Kier alpha value is -0.490. The van der Waals surface area contributed by atoms with Crippen LogP contribution >= 0.6 is 11.6 Å². The summed E-state index contributed by atoms with van der Waals surface area (Å²) in [6.45, 7) is 4.92. The summed E-state index contributed by atoms with van der Waals surface area (Å²) in [4.78, 5) is 0. The monoisotopic (exact) mass is 234 g/mol. The molecule has 0 heterocycles. The SMILES string of the molecule is CC12CCCCC1(C)c1cc(Cl)ccc1C2. The Kier molecular flexibility index (Phi) is 2.17. The predicted molar refractivity (Wildman–Crippen MR) is 69.1 cm³/mol. The first-order valence-corrected chi connectivity index (χ1v) is 6.72. The molecule has 2 aliphatic rings. The third-order valence-electron chi connectivity index (χ3n) is 5.23. The van der Waals surface area contributed by atoms with Gasteiger partial charge in [-0.15, -0.1) is 0 Å². The molecule has 0 spiro atoms. The first-order chi connectivity index (χ1) is 7.55. The lowest BCUT2D eigenvalue weighted by atomic mass is 9.58. The van der Waals surface area contributed by atoms with Gasteiger partial charge >= 0.3 is 0 Å². The summed E-state index contributed by atoms with van der Waals surface area (Å²) in [5.41, 5.74) is 3.91. The zero-order chi connectivity index (χ0) is 11.4. The predicted octanol–water partition coefficient (Wildman–Crippen LogP) is 4.73. The van der Waals surface area contributed by atoms with Crippen LogP contribution in [0.4, 0.5) is 0 Å². The van der Waals surface area contributed by atoms with E-state index in [1.54, 1.807) is 0 Å². The lowest BCUT2D eigenvalue weighted by molar-refractivity contribution is 0.110. The van der Waals surface area contributed by atoms with Crippen molar-refractivity contribution < 1.29 is 0 Å². The Balaban J connectivity index is 2.17. The molecule has 0 saturated heterocycles. The van der Waals surface area contributed by atoms with E-state index in [4.69, 9.17) is 11.6 Å². The Morgan fingerprint density at radius 2 is 1.88 bits per heavy atom. The fraction of sp³-hybridized carbons (Fsp3) is 0.600. The fourth-order valence-corrected chi connectivity index (χ4v) is 4.12. The molecule has 0 aromatic heterocycles. The number of hydrogen-bond donors (Lipinski definition) is 0. The highest BCUT2D eigenvalue weighted by Crippen LogP contribution is 2.59. The van der Waals surface area contributed by atoms with Crippen molar-refractivity contribution in [2.45, 2.75) is 51.4 Å². The molecule has 0 radical (unpaired) electrons. The van der Waals surface area contributed by atoms with E-state index in [9.17, 15) is 0 Å². The molecule has 1 heteroatoms. The third-order valence-corrected chi connectivity index (χ3v) is 5.47. The van der Waals surface area contributed by atoms with Crippen molar-refractivity contribution in [3.8, 4) is 0 Å². The maximum atomic E-state index is 6.16. The van der Waals surface area contributed by atoms with Crippen LogP contribution in [0.15, 0.2) is 18.2 Å². The van der Waals surface area contributed by atoms with E-state index in [0.717, 1.165) is 5.02 Å². The molecule has 2 atom stereocenters. The second-order valence-corrected chi connectivity index (χ2v) is 6.51. The number of fused-ring (bicyclic) bond motifs is 3. The van der Waals surface area contributed by atoms with Crippen molar-refractivity contribution in [3.63, 3.8) is 0 Å². The van der Waals surface area contributed by atoms with Crippen molar-refractivity contribution in [2.24, 2.45) is 5.41 Å². The average Bonchev–Trinajstić information content (AvgIpc) is 2.47. The molecule has 1 fully saturated rings. The number of benzene rings is 1. The summed E-state index contributed by atoms with van der Waals surface area (Å²) in [6, 6.07) is 6.50. The van der Waals surface area contributed by atoms with Crippen LogP contribution in [0.5, 0.6) is 0 Å². The summed E-state index contributed by atoms with van der Waals surface area (Å²) in [7, 11) is 0. The normalized spacial score (nSPS) is 36.9. The first-order valence-electron chi connectivity index (χ1n) is 6.34. The van der Waals surface area contributed by atoms with Crippen molar-refractivity contribution in [1.29, 1.82) is 0 Å². The standard InChI is InChI=1S/C15H19Cl/c1-14-7-3-4-8-15(14,2)13-9-12(16)6-5-11(13)10-14/h5-6,9H,3-4,7-8,10H2,1-2H3. The number of hydrogen-bond acceptors (Lipinski definition) is 0. The van der Waals surface area contributed by atoms with E-state index in [2.05, 4.69) is 26.0 Å². The minimum absolute atomic E-state index is 0.367. The Bertz CT molecular complexity index is 437. The molecular weight excluding hydrogens is 216 g/mol. The minimum atomic E-state index is 0.367. The number of halogens is 1. The molecule has 1 aromatic carbocycles. The molecule has 0 amide bonds. The maximum absolute atomic E-state index is 6.16. The molecule has 16 heavy (non-hydrogen) atoms. The van der Waals surface area contributed by atoms with Crippen LogP contribution in [0.25, 0.3) is 0 Å². The highest BCUT2D eigenvalue weighted by Gasteiger charge is 2.52. The summed E-state index contributed by atoms with van der Waals surface area (Å²) < 4.78 is 0. The molecule has 3 rings (SSSR count). The van der Waals surface area contributed by atoms with Gasteiger partial charge in [-0.25, -0.2) is 0 Å². The molecule has 1 aromatic rings. The zero-order valence-electron chi connectivity index (χ0n) is 10.1. The van der Waals surface area contributed by atoms with Gasteiger partial charge in [-0.1, -0.05) is 44.4 Å². The van der Waals surface area contributed by atoms with Crippen LogP contribution in [0.2, 0.25) is 5.02 Å². The van der Waals surface area contributed by atoms with E-state index in [1.165, 1.54) is 43.2 Å². The van der Waals surface area contributed by atoms with Gasteiger partial charge in [0.15, 0.2) is 0 Å². The maximum Gasteiger partial charge on any atom is 0.0409 e. The summed E-state index contributed by atoms with van der Waals surface area (Å²) in [5, 5.41) is 0.898. The van der Waals surface area contributed by atoms with Crippen LogP contribution in [-0.2, 0) is 11.8 Å². The van der Waals surface area contributed by atoms with Crippen molar-refractivity contribution in [3.05, 3.63) is 34.3 Å². The third kappa shape index (κ3) is 1.23. The van der Waals surface area contributed by atoms with E-state index in [-0.39, 0.29) is 0 Å². The van der Waals surface area contributed by atoms with Gasteiger partial charge in [-0.2, -0.15) is 0 Å². The molecular formula is C15H19Cl. The van der Waals surface area contributed by atoms with E-state index < -0.39 is 0 Å². The second kappa shape index (κ2) is 3.26. The van der Waals surface area contributed by atoms with Crippen LogP contribution < -0.4 is 0 Å². The number of rotatable bonds is 0. The van der Waals surface area contributed by atoms with Gasteiger partial charge in [0, 0.05) is 5.02 Å². The van der Waals surface area contributed by atoms with Gasteiger partial charge in [0.1, 0.15) is 0 Å².